The number of benzene rings is 1. The third-order valence-electron chi connectivity index (χ3n) is 1.92. The Morgan fingerprint density at radius 1 is 1.50 bits per heavy atom. The molecule has 0 fully saturated rings. The zero-order chi connectivity index (χ0) is 10.4. The predicted octanol–water partition coefficient (Wildman–Crippen LogP) is 1.86. The monoisotopic (exact) mass is 184 g/mol. The zero-order valence-electron chi connectivity index (χ0n) is 7.96. The molecule has 0 aliphatic rings. The molecule has 0 spiro atoms. The SMILES string of the molecule is CCc1c(NCC#N)[c]ccc1C#N. The number of hydrogen-bond acceptors (Lipinski definition) is 3. The molecule has 0 aromatic heterocycles. The Balaban J connectivity index is 3.05. The van der Waals surface area contributed by atoms with Crippen LogP contribution in [-0.2, 0) is 6.42 Å². The molecule has 1 aromatic carbocycles. The first-order chi connectivity index (χ1) is 6.83. The highest BCUT2D eigenvalue weighted by molar-refractivity contribution is 5.57. The van der Waals surface area contributed by atoms with Crippen molar-refractivity contribution < 1.29 is 0 Å². The van der Waals surface area contributed by atoms with Crippen molar-refractivity contribution in [1.82, 2.24) is 0 Å². The first kappa shape index (κ1) is 10.1. The number of anilines is 1. The van der Waals surface area contributed by atoms with Crippen LogP contribution < -0.4 is 5.32 Å². The molecule has 0 atom stereocenters. The topological polar surface area (TPSA) is 59.6 Å². The van der Waals surface area contributed by atoms with Crippen molar-refractivity contribution in [2.24, 2.45) is 0 Å². The molecule has 3 heteroatoms. The Labute approximate surface area is 83.6 Å². The van der Waals surface area contributed by atoms with E-state index in [1.807, 2.05) is 13.0 Å². The van der Waals surface area contributed by atoms with Gasteiger partial charge in [0.1, 0.15) is 6.54 Å². The number of nitrogens with one attached hydrogen (secondary N) is 1. The van der Waals surface area contributed by atoms with Gasteiger partial charge in [-0.15, -0.1) is 0 Å². The Hall–Kier alpha value is -2.00. The second-order valence-corrected chi connectivity index (χ2v) is 2.72. The highest BCUT2D eigenvalue weighted by Crippen LogP contribution is 2.19. The summed E-state index contributed by atoms with van der Waals surface area (Å²) in [7, 11) is 0. The summed E-state index contributed by atoms with van der Waals surface area (Å²) in [5.74, 6) is 0. The van der Waals surface area contributed by atoms with Gasteiger partial charge in [-0.1, -0.05) is 13.0 Å². The fourth-order valence-electron chi connectivity index (χ4n) is 1.29. The van der Waals surface area contributed by atoms with E-state index in [9.17, 15) is 0 Å². The minimum absolute atomic E-state index is 0.235. The van der Waals surface area contributed by atoms with Crippen LogP contribution in [0.5, 0.6) is 0 Å². The number of nitriles is 2. The summed E-state index contributed by atoms with van der Waals surface area (Å²) < 4.78 is 0. The fraction of sp³-hybridized carbons (Fsp3) is 0.273. The molecule has 0 aliphatic heterocycles. The lowest BCUT2D eigenvalue weighted by Gasteiger charge is -2.08. The van der Waals surface area contributed by atoms with E-state index >= 15 is 0 Å². The van der Waals surface area contributed by atoms with E-state index in [1.165, 1.54) is 0 Å². The lowest BCUT2D eigenvalue weighted by molar-refractivity contribution is 1.12. The molecule has 0 bridgehead atoms. The molecule has 3 nitrogen and oxygen atoms in total. The molecule has 0 aliphatic carbocycles. The summed E-state index contributed by atoms with van der Waals surface area (Å²) in [6.07, 6.45) is 0.758. The van der Waals surface area contributed by atoms with Crippen molar-refractivity contribution in [1.29, 1.82) is 10.5 Å². The molecule has 1 radical (unpaired) electrons. The van der Waals surface area contributed by atoms with Gasteiger partial charge in [-0.3, -0.25) is 0 Å². The van der Waals surface area contributed by atoms with Gasteiger partial charge in [0, 0.05) is 11.8 Å². The van der Waals surface area contributed by atoms with Crippen LogP contribution in [0.1, 0.15) is 18.1 Å². The average molecular weight is 184 g/mol. The van der Waals surface area contributed by atoms with E-state index in [2.05, 4.69) is 17.5 Å². The van der Waals surface area contributed by atoms with E-state index in [0.717, 1.165) is 17.7 Å². The Kier molecular flexibility index (Phi) is 3.52. The summed E-state index contributed by atoms with van der Waals surface area (Å²) in [4.78, 5) is 0. The highest BCUT2D eigenvalue weighted by Gasteiger charge is 2.05. The standard InChI is InChI=1S/C11H10N3/c1-2-10-9(8-13)4-3-5-11(10)14-7-6-12/h3-4,14H,2,7H2,1H3. The Morgan fingerprint density at radius 2 is 2.29 bits per heavy atom. The Morgan fingerprint density at radius 3 is 2.86 bits per heavy atom. The molecule has 0 saturated heterocycles. The van der Waals surface area contributed by atoms with E-state index < -0.39 is 0 Å². The Bertz CT molecular complexity index is 396. The first-order valence-electron chi connectivity index (χ1n) is 4.38. The maximum Gasteiger partial charge on any atom is 0.103 e. The summed E-state index contributed by atoms with van der Waals surface area (Å²) in [6, 6.07) is 10.5. The molecule has 0 saturated carbocycles. The van der Waals surface area contributed by atoms with Gasteiger partial charge in [0.2, 0.25) is 0 Å². The molecule has 69 valence electrons. The summed E-state index contributed by atoms with van der Waals surface area (Å²) in [6.45, 7) is 2.21. The van der Waals surface area contributed by atoms with Crippen LogP contribution in [0.25, 0.3) is 0 Å². The predicted molar refractivity (Wildman–Crippen MR) is 53.5 cm³/mol. The minimum atomic E-state index is 0.235. The van der Waals surface area contributed by atoms with Crippen molar-refractivity contribution >= 4 is 5.69 Å². The van der Waals surface area contributed by atoms with Gasteiger partial charge in [-0.05, 0) is 18.1 Å². The van der Waals surface area contributed by atoms with Gasteiger partial charge in [0.15, 0.2) is 0 Å². The molecule has 0 heterocycles. The zero-order valence-corrected chi connectivity index (χ0v) is 7.96. The molecule has 1 N–H and O–H groups in total. The molecular weight excluding hydrogens is 174 g/mol. The van der Waals surface area contributed by atoms with Gasteiger partial charge in [-0.2, -0.15) is 10.5 Å². The number of hydrogen-bond donors (Lipinski definition) is 1. The third kappa shape index (κ3) is 2.02. The van der Waals surface area contributed by atoms with Gasteiger partial charge in [0.05, 0.1) is 17.7 Å². The largest absolute Gasteiger partial charge is 0.372 e. The smallest absolute Gasteiger partial charge is 0.103 e. The van der Waals surface area contributed by atoms with Gasteiger partial charge in [0.25, 0.3) is 0 Å². The maximum atomic E-state index is 8.84. The van der Waals surface area contributed by atoms with Crippen LogP contribution >= 0.6 is 0 Å². The van der Waals surface area contributed by atoms with Crippen molar-refractivity contribution in [3.63, 3.8) is 0 Å². The first-order valence-corrected chi connectivity index (χ1v) is 4.38. The van der Waals surface area contributed by atoms with Crippen molar-refractivity contribution in [3.8, 4) is 12.1 Å². The lowest BCUT2D eigenvalue weighted by Crippen LogP contribution is -2.03. The van der Waals surface area contributed by atoms with Crippen LogP contribution in [-0.4, -0.2) is 6.54 Å². The van der Waals surface area contributed by atoms with Crippen LogP contribution in [0.2, 0.25) is 0 Å². The van der Waals surface area contributed by atoms with E-state index in [1.54, 1.807) is 12.1 Å². The van der Waals surface area contributed by atoms with Crippen molar-refractivity contribution in [2.45, 2.75) is 13.3 Å². The molecule has 14 heavy (non-hydrogen) atoms. The average Bonchev–Trinajstić information content (AvgIpc) is 2.25. The number of nitrogens with zero attached hydrogens (tertiary/aromatic N) is 2. The highest BCUT2D eigenvalue weighted by atomic mass is 14.9. The van der Waals surface area contributed by atoms with E-state index in [4.69, 9.17) is 10.5 Å². The van der Waals surface area contributed by atoms with Crippen molar-refractivity contribution in [3.05, 3.63) is 29.3 Å². The van der Waals surface area contributed by atoms with Gasteiger partial charge < -0.3 is 5.32 Å². The third-order valence-corrected chi connectivity index (χ3v) is 1.92. The number of rotatable bonds is 3. The second kappa shape index (κ2) is 4.89. The maximum absolute atomic E-state index is 8.84. The lowest BCUT2D eigenvalue weighted by atomic mass is 10.0. The molecular formula is C11H10N3. The van der Waals surface area contributed by atoms with E-state index in [0.29, 0.717) is 5.56 Å². The van der Waals surface area contributed by atoms with Crippen LogP contribution in [0.4, 0.5) is 5.69 Å². The molecule has 1 aromatic rings. The molecule has 1 rings (SSSR count). The summed E-state index contributed by atoms with van der Waals surface area (Å²) >= 11 is 0. The van der Waals surface area contributed by atoms with Gasteiger partial charge >= 0.3 is 0 Å². The van der Waals surface area contributed by atoms with Crippen molar-refractivity contribution in [2.75, 3.05) is 11.9 Å². The molecule has 0 unspecified atom stereocenters. The second-order valence-electron chi connectivity index (χ2n) is 2.72. The van der Waals surface area contributed by atoms with Gasteiger partial charge in [-0.25, -0.2) is 0 Å². The van der Waals surface area contributed by atoms with E-state index in [-0.39, 0.29) is 6.54 Å². The summed E-state index contributed by atoms with van der Waals surface area (Å²) in [5, 5.41) is 20.2. The normalized spacial score (nSPS) is 8.79. The minimum Gasteiger partial charge on any atom is -0.372 e. The van der Waals surface area contributed by atoms with Crippen LogP contribution in [0, 0.1) is 28.7 Å². The summed E-state index contributed by atoms with van der Waals surface area (Å²) in [5.41, 5.74) is 2.32. The fourth-order valence-corrected chi connectivity index (χ4v) is 1.29. The quantitative estimate of drug-likeness (QED) is 0.729. The molecule has 0 amide bonds. The van der Waals surface area contributed by atoms with Crippen LogP contribution in [0.3, 0.4) is 0 Å². The van der Waals surface area contributed by atoms with Crippen LogP contribution in [0.15, 0.2) is 12.1 Å².